The van der Waals surface area contributed by atoms with E-state index >= 15 is 0 Å². The lowest BCUT2D eigenvalue weighted by molar-refractivity contribution is -0.138. The van der Waals surface area contributed by atoms with Crippen LogP contribution in [-0.2, 0) is 17.5 Å². The summed E-state index contributed by atoms with van der Waals surface area (Å²) in [6.07, 6.45) is -3.95. The van der Waals surface area contributed by atoms with E-state index in [4.69, 9.17) is 0 Å². The maximum Gasteiger partial charge on any atom is 0.417 e. The Balaban J connectivity index is 2.21. The van der Waals surface area contributed by atoms with Crippen molar-refractivity contribution >= 4 is 5.91 Å². The number of alkyl halides is 3. The molecule has 1 aliphatic heterocycles. The Bertz CT molecular complexity index is 661. The lowest BCUT2D eigenvalue weighted by Crippen LogP contribution is -2.40. The molecule has 1 N–H and O–H groups in total. The van der Waals surface area contributed by atoms with Gasteiger partial charge in [0.2, 0.25) is 5.91 Å². The number of aromatic nitrogens is 1. The Labute approximate surface area is 131 Å². The van der Waals surface area contributed by atoms with Crippen LogP contribution in [0.2, 0.25) is 0 Å². The van der Waals surface area contributed by atoms with Gasteiger partial charge in [-0.05, 0) is 13.0 Å². The number of halogens is 3. The Hall–Kier alpha value is -1.83. The van der Waals surface area contributed by atoms with E-state index in [2.05, 4.69) is 0 Å². The van der Waals surface area contributed by atoms with Gasteiger partial charge in [0.15, 0.2) is 0 Å². The molecule has 1 amide bonds. The second-order valence-electron chi connectivity index (χ2n) is 6.79. The molecule has 0 radical (unpaired) electrons. The van der Waals surface area contributed by atoms with Gasteiger partial charge in [-0.2, -0.15) is 13.2 Å². The first-order chi connectivity index (χ1) is 10.3. The van der Waals surface area contributed by atoms with Crippen LogP contribution in [0.4, 0.5) is 13.2 Å². The molecule has 1 aromatic rings. The van der Waals surface area contributed by atoms with Crippen LogP contribution in [0.5, 0.6) is 0 Å². The molecule has 1 fully saturated rings. The Morgan fingerprint density at radius 1 is 1.26 bits per heavy atom. The van der Waals surface area contributed by atoms with Gasteiger partial charge in [-0.3, -0.25) is 9.59 Å². The molecule has 0 aromatic carbocycles. The van der Waals surface area contributed by atoms with Crippen molar-refractivity contribution in [2.45, 2.75) is 39.1 Å². The fourth-order valence-corrected chi connectivity index (χ4v) is 2.53. The number of β-amino-alcohol motifs (C(OH)–C–C–N with tert-alkyl or cyclic N) is 1. The van der Waals surface area contributed by atoms with Gasteiger partial charge < -0.3 is 14.6 Å². The standard InChI is InChI=1S/C15H19F3N2O3/c1-13(2)8-20(9-14(13,3)23)12(22)7-19-6-10(15(16,17)18)4-5-11(19)21/h4-6,23H,7-9H2,1-3H3/t14-/m1/s1. The molecule has 0 unspecified atom stereocenters. The number of aliphatic hydroxyl groups is 1. The average molecular weight is 332 g/mol. The molecule has 2 rings (SSSR count). The van der Waals surface area contributed by atoms with E-state index < -0.39 is 40.8 Å². The van der Waals surface area contributed by atoms with Gasteiger partial charge in [0.05, 0.1) is 11.2 Å². The topological polar surface area (TPSA) is 62.5 Å². The third-order valence-electron chi connectivity index (χ3n) is 4.51. The molecular formula is C15H19F3N2O3. The van der Waals surface area contributed by atoms with Gasteiger partial charge in [-0.25, -0.2) is 0 Å². The molecule has 1 aliphatic rings. The normalized spacial score (nSPS) is 24.0. The highest BCUT2D eigenvalue weighted by atomic mass is 19.4. The molecule has 0 aliphatic carbocycles. The molecule has 0 spiro atoms. The Morgan fingerprint density at radius 3 is 2.35 bits per heavy atom. The second-order valence-corrected chi connectivity index (χ2v) is 6.79. The Morgan fingerprint density at radius 2 is 1.87 bits per heavy atom. The summed E-state index contributed by atoms with van der Waals surface area (Å²) < 4.78 is 38.8. The van der Waals surface area contributed by atoms with Crippen molar-refractivity contribution in [2.24, 2.45) is 5.41 Å². The maximum absolute atomic E-state index is 12.7. The van der Waals surface area contributed by atoms with Crippen molar-refractivity contribution in [1.82, 2.24) is 9.47 Å². The summed E-state index contributed by atoms with van der Waals surface area (Å²) in [5.74, 6) is -0.503. The smallest absolute Gasteiger partial charge is 0.388 e. The molecule has 0 saturated carbocycles. The van der Waals surface area contributed by atoms with Crippen molar-refractivity contribution in [3.8, 4) is 0 Å². The first kappa shape index (κ1) is 17.5. The van der Waals surface area contributed by atoms with Crippen molar-refractivity contribution in [3.05, 3.63) is 34.2 Å². The molecule has 2 heterocycles. The molecule has 1 atom stereocenters. The SMILES string of the molecule is CC1(C)CN(C(=O)Cn2cc(C(F)(F)F)ccc2=O)C[C@@]1(C)O. The monoisotopic (exact) mass is 332 g/mol. The maximum atomic E-state index is 12.7. The summed E-state index contributed by atoms with van der Waals surface area (Å²) in [5.41, 5.74) is -3.31. The van der Waals surface area contributed by atoms with E-state index in [9.17, 15) is 27.9 Å². The summed E-state index contributed by atoms with van der Waals surface area (Å²) in [4.78, 5) is 25.3. The highest BCUT2D eigenvalue weighted by molar-refractivity contribution is 5.76. The van der Waals surface area contributed by atoms with E-state index in [0.29, 0.717) is 12.3 Å². The molecule has 8 heteroatoms. The zero-order chi connectivity index (χ0) is 17.6. The highest BCUT2D eigenvalue weighted by Crippen LogP contribution is 2.38. The lowest BCUT2D eigenvalue weighted by Gasteiger charge is -2.30. The number of pyridine rings is 1. The van der Waals surface area contributed by atoms with Crippen LogP contribution in [0, 0.1) is 5.41 Å². The average Bonchev–Trinajstić information content (AvgIpc) is 2.60. The summed E-state index contributed by atoms with van der Waals surface area (Å²) in [6.45, 7) is 5.07. The summed E-state index contributed by atoms with van der Waals surface area (Å²) in [6, 6.07) is 1.48. The van der Waals surface area contributed by atoms with E-state index in [1.165, 1.54) is 4.90 Å². The van der Waals surface area contributed by atoms with Crippen LogP contribution in [0.25, 0.3) is 0 Å². The highest BCUT2D eigenvalue weighted by Gasteiger charge is 2.49. The zero-order valence-corrected chi connectivity index (χ0v) is 13.1. The number of amides is 1. The van der Waals surface area contributed by atoms with E-state index in [1.54, 1.807) is 20.8 Å². The summed E-state index contributed by atoms with van der Waals surface area (Å²) in [7, 11) is 0. The van der Waals surface area contributed by atoms with E-state index in [0.717, 1.165) is 10.6 Å². The number of carbonyl (C=O) groups is 1. The molecule has 128 valence electrons. The Kier molecular flexibility index (Phi) is 4.09. The minimum absolute atomic E-state index is 0.0759. The first-order valence-corrected chi connectivity index (χ1v) is 7.11. The predicted molar refractivity (Wildman–Crippen MR) is 76.7 cm³/mol. The summed E-state index contributed by atoms with van der Waals surface area (Å²) >= 11 is 0. The zero-order valence-electron chi connectivity index (χ0n) is 13.1. The summed E-state index contributed by atoms with van der Waals surface area (Å²) in [5, 5.41) is 10.3. The van der Waals surface area contributed by atoms with Gasteiger partial charge in [0.25, 0.3) is 5.56 Å². The number of hydrogen-bond donors (Lipinski definition) is 1. The fraction of sp³-hybridized carbons (Fsp3) is 0.600. The van der Waals surface area contributed by atoms with Crippen molar-refractivity contribution in [3.63, 3.8) is 0 Å². The van der Waals surface area contributed by atoms with Crippen molar-refractivity contribution in [1.29, 1.82) is 0 Å². The molecule has 0 bridgehead atoms. The fourth-order valence-electron chi connectivity index (χ4n) is 2.53. The quantitative estimate of drug-likeness (QED) is 0.892. The van der Waals surface area contributed by atoms with Gasteiger partial charge in [0, 0.05) is 30.8 Å². The van der Waals surface area contributed by atoms with E-state index in [1.807, 2.05) is 0 Å². The third kappa shape index (κ3) is 3.41. The van der Waals surface area contributed by atoms with Crippen LogP contribution >= 0.6 is 0 Å². The minimum atomic E-state index is -4.59. The van der Waals surface area contributed by atoms with Gasteiger partial charge in [0.1, 0.15) is 6.54 Å². The largest absolute Gasteiger partial charge is 0.417 e. The molecule has 5 nitrogen and oxygen atoms in total. The second kappa shape index (κ2) is 5.36. The lowest BCUT2D eigenvalue weighted by atomic mass is 9.79. The molecule has 23 heavy (non-hydrogen) atoms. The molecular weight excluding hydrogens is 313 g/mol. The number of hydrogen-bond acceptors (Lipinski definition) is 3. The van der Waals surface area contributed by atoms with Gasteiger partial charge >= 0.3 is 6.18 Å². The molecule has 1 aromatic heterocycles. The first-order valence-electron chi connectivity index (χ1n) is 7.11. The predicted octanol–water partition coefficient (Wildman–Crippen LogP) is 1.49. The van der Waals surface area contributed by atoms with Crippen LogP contribution in [0.3, 0.4) is 0 Å². The van der Waals surface area contributed by atoms with Crippen LogP contribution in [0.1, 0.15) is 26.3 Å². The van der Waals surface area contributed by atoms with Crippen molar-refractivity contribution < 1.29 is 23.1 Å². The third-order valence-corrected chi connectivity index (χ3v) is 4.51. The number of rotatable bonds is 2. The minimum Gasteiger partial charge on any atom is -0.388 e. The van der Waals surface area contributed by atoms with Crippen LogP contribution in [-0.4, -0.2) is 39.2 Å². The van der Waals surface area contributed by atoms with Gasteiger partial charge in [-0.1, -0.05) is 13.8 Å². The van der Waals surface area contributed by atoms with E-state index in [-0.39, 0.29) is 13.1 Å². The molecule has 1 saturated heterocycles. The number of nitrogens with zero attached hydrogens (tertiary/aromatic N) is 2. The van der Waals surface area contributed by atoms with Crippen LogP contribution in [0.15, 0.2) is 23.1 Å². The number of likely N-dealkylation sites (tertiary alicyclic amines) is 1. The van der Waals surface area contributed by atoms with Crippen molar-refractivity contribution in [2.75, 3.05) is 13.1 Å². The van der Waals surface area contributed by atoms with Gasteiger partial charge in [-0.15, -0.1) is 0 Å². The van der Waals surface area contributed by atoms with Crippen LogP contribution < -0.4 is 5.56 Å². The number of carbonyl (C=O) groups excluding carboxylic acids is 1.